The van der Waals surface area contributed by atoms with Crippen LogP contribution in [0, 0.1) is 0 Å². The second-order valence-electron chi connectivity index (χ2n) is 4.73. The van der Waals surface area contributed by atoms with E-state index in [4.69, 9.17) is 4.74 Å². The number of hydrogen-bond donors (Lipinski definition) is 1. The van der Waals surface area contributed by atoms with Crippen molar-refractivity contribution >= 4 is 17.2 Å². The van der Waals surface area contributed by atoms with Gasteiger partial charge in [0.25, 0.3) is 5.91 Å². The van der Waals surface area contributed by atoms with Crippen molar-refractivity contribution in [2.45, 2.75) is 26.3 Å². The van der Waals surface area contributed by atoms with Crippen molar-refractivity contribution in [3.8, 4) is 5.75 Å². The summed E-state index contributed by atoms with van der Waals surface area (Å²) in [7, 11) is 1.60. The molecule has 0 fully saturated rings. The summed E-state index contributed by atoms with van der Waals surface area (Å²) in [5.41, 5.74) is 1.69. The summed E-state index contributed by atoms with van der Waals surface area (Å²) in [5, 5.41) is 5.84. The van der Waals surface area contributed by atoms with Crippen LogP contribution in [0.4, 0.5) is 0 Å². The molecule has 1 aromatic carbocycles. The van der Waals surface area contributed by atoms with E-state index in [9.17, 15) is 4.79 Å². The number of methoxy groups -OCH3 is 1. The topological polar surface area (TPSA) is 51.2 Å². The number of rotatable bonds is 5. The fourth-order valence-electron chi connectivity index (χ4n) is 1.67. The summed E-state index contributed by atoms with van der Waals surface area (Å²) in [6, 6.07) is 7.04. The van der Waals surface area contributed by atoms with Gasteiger partial charge in [-0.1, -0.05) is 13.8 Å². The van der Waals surface area contributed by atoms with Gasteiger partial charge in [-0.3, -0.25) is 4.79 Å². The van der Waals surface area contributed by atoms with Crippen molar-refractivity contribution in [3.05, 3.63) is 45.9 Å². The highest BCUT2D eigenvalue weighted by atomic mass is 32.1. The Morgan fingerprint density at radius 3 is 2.60 bits per heavy atom. The van der Waals surface area contributed by atoms with Crippen LogP contribution in [0.5, 0.6) is 5.75 Å². The number of hydrogen-bond acceptors (Lipinski definition) is 4. The average molecular weight is 290 g/mol. The van der Waals surface area contributed by atoms with Crippen LogP contribution in [0.25, 0.3) is 0 Å². The summed E-state index contributed by atoms with van der Waals surface area (Å²) < 4.78 is 5.06. The van der Waals surface area contributed by atoms with Crippen LogP contribution in [-0.2, 0) is 6.54 Å². The number of ether oxygens (including phenoxy) is 1. The number of thiazole rings is 1. The highest BCUT2D eigenvalue weighted by Gasteiger charge is 2.08. The number of carbonyl (C=O) groups is 1. The molecule has 0 saturated carbocycles. The number of carbonyl (C=O) groups excluding carboxylic acids is 1. The molecule has 0 radical (unpaired) electrons. The van der Waals surface area contributed by atoms with Crippen LogP contribution < -0.4 is 10.1 Å². The van der Waals surface area contributed by atoms with E-state index in [-0.39, 0.29) is 5.91 Å². The van der Waals surface area contributed by atoms with Crippen LogP contribution in [0.15, 0.2) is 29.6 Å². The van der Waals surface area contributed by atoms with Gasteiger partial charge in [0.1, 0.15) is 10.8 Å². The molecule has 1 N–H and O–H groups in total. The van der Waals surface area contributed by atoms with Crippen LogP contribution in [0.1, 0.15) is 40.8 Å². The Balaban J connectivity index is 1.93. The molecule has 2 aromatic rings. The van der Waals surface area contributed by atoms with E-state index in [1.807, 2.05) is 5.38 Å². The molecule has 106 valence electrons. The molecule has 0 atom stereocenters. The molecule has 0 aliphatic carbocycles. The maximum atomic E-state index is 12.0. The van der Waals surface area contributed by atoms with Gasteiger partial charge in [-0.15, -0.1) is 11.3 Å². The Kier molecular flexibility index (Phi) is 4.74. The van der Waals surface area contributed by atoms with Crippen LogP contribution in [0.3, 0.4) is 0 Å². The third-order valence-electron chi connectivity index (χ3n) is 2.91. The maximum absolute atomic E-state index is 12.0. The first-order chi connectivity index (χ1) is 9.60. The maximum Gasteiger partial charge on any atom is 0.251 e. The molecule has 0 aliphatic rings. The van der Waals surface area contributed by atoms with Crippen molar-refractivity contribution < 1.29 is 9.53 Å². The van der Waals surface area contributed by atoms with Crippen LogP contribution in [-0.4, -0.2) is 18.0 Å². The number of benzene rings is 1. The second-order valence-corrected chi connectivity index (χ2v) is 5.67. The molecular weight excluding hydrogens is 272 g/mol. The van der Waals surface area contributed by atoms with Gasteiger partial charge in [0, 0.05) is 10.9 Å². The molecule has 0 bridgehead atoms. The first-order valence-electron chi connectivity index (χ1n) is 6.46. The zero-order valence-corrected chi connectivity index (χ0v) is 12.7. The monoisotopic (exact) mass is 290 g/mol. The lowest BCUT2D eigenvalue weighted by atomic mass is 10.2. The lowest BCUT2D eigenvalue weighted by Gasteiger charge is -2.04. The number of nitrogens with zero attached hydrogens (tertiary/aromatic N) is 1. The highest BCUT2D eigenvalue weighted by Crippen LogP contribution is 2.17. The summed E-state index contributed by atoms with van der Waals surface area (Å²) >= 11 is 1.58. The molecule has 1 aromatic heterocycles. The zero-order chi connectivity index (χ0) is 14.5. The number of amides is 1. The van der Waals surface area contributed by atoms with Crippen LogP contribution >= 0.6 is 11.3 Å². The minimum atomic E-state index is -0.103. The highest BCUT2D eigenvalue weighted by molar-refractivity contribution is 7.09. The van der Waals surface area contributed by atoms with E-state index in [0.717, 1.165) is 16.5 Å². The number of aromatic nitrogens is 1. The first kappa shape index (κ1) is 14.5. The Hall–Kier alpha value is -1.88. The normalized spacial score (nSPS) is 10.6. The van der Waals surface area contributed by atoms with Crippen molar-refractivity contribution in [3.63, 3.8) is 0 Å². The zero-order valence-electron chi connectivity index (χ0n) is 11.8. The smallest absolute Gasteiger partial charge is 0.251 e. The molecule has 0 saturated heterocycles. The molecular formula is C15H18N2O2S. The Labute approximate surface area is 122 Å². The predicted octanol–water partition coefficient (Wildman–Crippen LogP) is 3.21. The molecule has 0 unspecified atom stereocenters. The minimum Gasteiger partial charge on any atom is -0.497 e. The number of nitrogens with one attached hydrogen (secondary N) is 1. The van der Waals surface area contributed by atoms with E-state index < -0.39 is 0 Å². The van der Waals surface area contributed by atoms with Crippen molar-refractivity contribution in [2.24, 2.45) is 0 Å². The Morgan fingerprint density at radius 2 is 2.05 bits per heavy atom. The van der Waals surface area contributed by atoms with Gasteiger partial charge >= 0.3 is 0 Å². The quantitative estimate of drug-likeness (QED) is 0.920. The first-order valence-corrected chi connectivity index (χ1v) is 7.34. The second kappa shape index (κ2) is 6.52. The molecule has 2 rings (SSSR count). The SMILES string of the molecule is COc1ccc(C(=O)NCc2nc(C(C)C)cs2)cc1. The molecule has 1 heterocycles. The van der Waals surface area contributed by atoms with Gasteiger partial charge in [0.2, 0.25) is 0 Å². The molecule has 4 nitrogen and oxygen atoms in total. The molecule has 0 aliphatic heterocycles. The van der Waals surface area contributed by atoms with E-state index in [2.05, 4.69) is 24.1 Å². The van der Waals surface area contributed by atoms with Crippen molar-refractivity contribution in [1.29, 1.82) is 0 Å². The van der Waals surface area contributed by atoms with Gasteiger partial charge in [-0.2, -0.15) is 0 Å². The van der Waals surface area contributed by atoms with Gasteiger partial charge in [0.05, 0.1) is 19.3 Å². The fraction of sp³-hybridized carbons (Fsp3) is 0.333. The Morgan fingerprint density at radius 1 is 1.35 bits per heavy atom. The summed E-state index contributed by atoms with van der Waals surface area (Å²) in [5.74, 6) is 1.05. The molecule has 1 amide bonds. The average Bonchev–Trinajstić information content (AvgIpc) is 2.94. The van der Waals surface area contributed by atoms with E-state index in [0.29, 0.717) is 18.0 Å². The predicted molar refractivity (Wildman–Crippen MR) is 80.4 cm³/mol. The van der Waals surface area contributed by atoms with Crippen molar-refractivity contribution in [2.75, 3.05) is 7.11 Å². The fourth-order valence-corrected chi connectivity index (χ4v) is 2.57. The van der Waals surface area contributed by atoms with Gasteiger partial charge in [-0.25, -0.2) is 4.98 Å². The van der Waals surface area contributed by atoms with E-state index in [1.165, 1.54) is 0 Å². The Bertz CT molecular complexity index is 576. The van der Waals surface area contributed by atoms with Gasteiger partial charge in [-0.05, 0) is 30.2 Å². The summed E-state index contributed by atoms with van der Waals surface area (Å²) in [4.78, 5) is 16.5. The molecule has 0 spiro atoms. The lowest BCUT2D eigenvalue weighted by molar-refractivity contribution is 0.0951. The third kappa shape index (κ3) is 3.57. The van der Waals surface area contributed by atoms with Gasteiger partial charge in [0.15, 0.2) is 0 Å². The summed E-state index contributed by atoms with van der Waals surface area (Å²) in [6.45, 7) is 4.67. The molecule has 5 heteroatoms. The lowest BCUT2D eigenvalue weighted by Crippen LogP contribution is -2.22. The largest absolute Gasteiger partial charge is 0.497 e. The summed E-state index contributed by atoms with van der Waals surface area (Å²) in [6.07, 6.45) is 0. The van der Waals surface area contributed by atoms with Crippen LogP contribution in [0.2, 0.25) is 0 Å². The van der Waals surface area contributed by atoms with E-state index >= 15 is 0 Å². The van der Waals surface area contributed by atoms with Crippen molar-refractivity contribution in [1.82, 2.24) is 10.3 Å². The van der Waals surface area contributed by atoms with Gasteiger partial charge < -0.3 is 10.1 Å². The third-order valence-corrected chi connectivity index (χ3v) is 3.78. The van der Waals surface area contributed by atoms with E-state index in [1.54, 1.807) is 42.7 Å². The molecule has 20 heavy (non-hydrogen) atoms. The standard InChI is InChI=1S/C15H18N2O2S/c1-10(2)13-9-20-14(17-13)8-16-15(18)11-4-6-12(19-3)7-5-11/h4-7,9-10H,8H2,1-3H3,(H,16,18). The minimum absolute atomic E-state index is 0.103.